The van der Waals surface area contributed by atoms with E-state index >= 15 is 0 Å². The van der Waals surface area contributed by atoms with Gasteiger partial charge in [0.15, 0.2) is 0 Å². The summed E-state index contributed by atoms with van der Waals surface area (Å²) in [6.07, 6.45) is 3.62. The predicted molar refractivity (Wildman–Crippen MR) is 84.9 cm³/mol. The molecule has 2 atom stereocenters. The van der Waals surface area contributed by atoms with E-state index in [2.05, 4.69) is 33.4 Å². The van der Waals surface area contributed by atoms with Crippen LogP contribution < -0.4 is 4.72 Å². The van der Waals surface area contributed by atoms with Crippen LogP contribution in [-0.4, -0.2) is 42.8 Å². The van der Waals surface area contributed by atoms with Crippen molar-refractivity contribution in [3.8, 4) is 0 Å². The van der Waals surface area contributed by atoms with Crippen LogP contribution in [0.25, 0.3) is 0 Å². The van der Waals surface area contributed by atoms with Crippen molar-refractivity contribution < 1.29 is 8.42 Å². The predicted octanol–water partition coefficient (Wildman–Crippen LogP) is 1.53. The van der Waals surface area contributed by atoms with E-state index in [0.29, 0.717) is 13.0 Å². The van der Waals surface area contributed by atoms with Crippen LogP contribution in [0.5, 0.6) is 0 Å². The molecule has 0 unspecified atom stereocenters. The standard InChI is InChI=1S/C15H20N4O2S/c1-10-11(2)17-12(3)19-9-13(7-15(10)19)18-22(20,21)14-5-4-6-16-8-14/h4-6,8,11,13,18H,7,9H2,1-3H3/t11-,13-/m0/s1. The molecule has 0 radical (unpaired) electrons. The molecule has 2 aliphatic heterocycles. The first kappa shape index (κ1) is 15.2. The van der Waals surface area contributed by atoms with E-state index in [-0.39, 0.29) is 17.0 Å². The largest absolute Gasteiger partial charge is 0.332 e. The summed E-state index contributed by atoms with van der Waals surface area (Å²) in [6, 6.07) is 3.19. The molecule has 0 spiro atoms. The van der Waals surface area contributed by atoms with Gasteiger partial charge in [0.25, 0.3) is 0 Å². The smallest absolute Gasteiger partial charge is 0.242 e. The molecular formula is C15H20N4O2S. The molecule has 0 aromatic carbocycles. The molecule has 7 heteroatoms. The van der Waals surface area contributed by atoms with E-state index in [1.807, 2.05) is 6.92 Å². The molecule has 6 nitrogen and oxygen atoms in total. The van der Waals surface area contributed by atoms with Crippen LogP contribution in [0, 0.1) is 0 Å². The highest BCUT2D eigenvalue weighted by atomic mass is 32.2. The van der Waals surface area contributed by atoms with E-state index in [0.717, 1.165) is 5.84 Å². The van der Waals surface area contributed by atoms with Gasteiger partial charge in [0, 0.05) is 37.1 Å². The maximum Gasteiger partial charge on any atom is 0.242 e. The fraction of sp³-hybridized carbons (Fsp3) is 0.467. The van der Waals surface area contributed by atoms with Crippen molar-refractivity contribution in [1.82, 2.24) is 14.6 Å². The van der Waals surface area contributed by atoms with Gasteiger partial charge in [-0.3, -0.25) is 9.98 Å². The Hall–Kier alpha value is -1.73. The van der Waals surface area contributed by atoms with Crippen molar-refractivity contribution in [2.75, 3.05) is 6.54 Å². The molecule has 1 fully saturated rings. The molecule has 0 aliphatic carbocycles. The van der Waals surface area contributed by atoms with Crippen molar-refractivity contribution in [3.05, 3.63) is 35.8 Å². The first-order valence-electron chi connectivity index (χ1n) is 7.32. The summed E-state index contributed by atoms with van der Waals surface area (Å²) in [7, 11) is -3.54. The van der Waals surface area contributed by atoms with Crippen molar-refractivity contribution in [3.63, 3.8) is 0 Å². The molecule has 1 N–H and O–H groups in total. The lowest BCUT2D eigenvalue weighted by Gasteiger charge is -2.28. The number of sulfonamides is 1. The Labute approximate surface area is 131 Å². The summed E-state index contributed by atoms with van der Waals surface area (Å²) in [5, 5.41) is 0. The Bertz CT molecular complexity index is 740. The third kappa shape index (κ3) is 2.66. The van der Waals surface area contributed by atoms with E-state index in [1.54, 1.807) is 18.3 Å². The number of aromatic nitrogens is 1. The lowest BCUT2D eigenvalue weighted by molar-refractivity contribution is 0.509. The first-order valence-corrected chi connectivity index (χ1v) is 8.81. The van der Waals surface area contributed by atoms with Gasteiger partial charge in [-0.15, -0.1) is 0 Å². The highest BCUT2D eigenvalue weighted by Crippen LogP contribution is 2.31. The van der Waals surface area contributed by atoms with Crippen LogP contribution in [0.15, 0.2) is 45.7 Å². The average Bonchev–Trinajstić information content (AvgIpc) is 2.90. The van der Waals surface area contributed by atoms with Gasteiger partial charge in [-0.2, -0.15) is 0 Å². The van der Waals surface area contributed by atoms with Gasteiger partial charge in [-0.1, -0.05) is 0 Å². The van der Waals surface area contributed by atoms with Gasteiger partial charge in [0.2, 0.25) is 10.0 Å². The number of fused-ring (bicyclic) bond motifs is 1. The van der Waals surface area contributed by atoms with Crippen LogP contribution in [0.4, 0.5) is 0 Å². The number of hydrogen-bond donors (Lipinski definition) is 1. The van der Waals surface area contributed by atoms with Crippen molar-refractivity contribution >= 4 is 15.9 Å². The molecule has 2 aliphatic rings. The Morgan fingerprint density at radius 1 is 1.36 bits per heavy atom. The topological polar surface area (TPSA) is 74.7 Å². The van der Waals surface area contributed by atoms with Crippen LogP contribution in [0.3, 0.4) is 0 Å². The minimum atomic E-state index is -3.54. The molecule has 1 aromatic rings. The number of hydrogen-bond acceptors (Lipinski definition) is 5. The zero-order chi connectivity index (χ0) is 15.9. The number of nitrogens with one attached hydrogen (secondary N) is 1. The summed E-state index contributed by atoms with van der Waals surface area (Å²) in [5.74, 6) is 0.955. The van der Waals surface area contributed by atoms with E-state index in [4.69, 9.17) is 0 Å². The number of rotatable bonds is 3. The summed E-state index contributed by atoms with van der Waals surface area (Å²) < 4.78 is 27.6. The summed E-state index contributed by atoms with van der Waals surface area (Å²) in [5.41, 5.74) is 2.41. The molecule has 0 saturated carbocycles. The first-order chi connectivity index (χ1) is 10.4. The second kappa shape index (κ2) is 5.48. The number of amidine groups is 1. The number of nitrogens with zero attached hydrogens (tertiary/aromatic N) is 3. The van der Waals surface area contributed by atoms with Crippen LogP contribution >= 0.6 is 0 Å². The Balaban J connectivity index is 1.81. The number of aliphatic imine (C=N–C) groups is 1. The molecule has 1 saturated heterocycles. The Kier molecular flexibility index (Phi) is 3.78. The normalized spacial score (nSPS) is 25.2. The fourth-order valence-electron chi connectivity index (χ4n) is 3.00. The molecular weight excluding hydrogens is 300 g/mol. The summed E-state index contributed by atoms with van der Waals surface area (Å²) in [6.45, 7) is 6.73. The SMILES string of the molecule is CC1=N[C@@H](C)C(C)=C2C[C@H](NS(=O)(=O)c3cccnc3)CN12. The zero-order valence-corrected chi connectivity index (χ0v) is 13.8. The van der Waals surface area contributed by atoms with Crippen molar-refractivity contribution in [2.24, 2.45) is 4.99 Å². The lowest BCUT2D eigenvalue weighted by atomic mass is 10.0. The average molecular weight is 320 g/mol. The Morgan fingerprint density at radius 2 is 2.14 bits per heavy atom. The highest BCUT2D eigenvalue weighted by molar-refractivity contribution is 7.89. The molecule has 0 amide bonds. The summed E-state index contributed by atoms with van der Waals surface area (Å²) >= 11 is 0. The van der Waals surface area contributed by atoms with Crippen LogP contribution in [-0.2, 0) is 10.0 Å². The number of pyridine rings is 1. The van der Waals surface area contributed by atoms with Gasteiger partial charge >= 0.3 is 0 Å². The second-order valence-electron chi connectivity index (χ2n) is 5.80. The molecule has 0 bridgehead atoms. The summed E-state index contributed by atoms with van der Waals surface area (Å²) in [4.78, 5) is 10.8. The fourth-order valence-corrected chi connectivity index (χ4v) is 4.19. The molecule has 1 aromatic heterocycles. The zero-order valence-electron chi connectivity index (χ0n) is 12.9. The maximum absolute atomic E-state index is 12.4. The monoisotopic (exact) mass is 320 g/mol. The van der Waals surface area contributed by atoms with Gasteiger partial charge in [-0.05, 0) is 38.5 Å². The van der Waals surface area contributed by atoms with Gasteiger partial charge < -0.3 is 4.90 Å². The third-order valence-corrected chi connectivity index (χ3v) is 5.79. The van der Waals surface area contributed by atoms with E-state index < -0.39 is 10.0 Å². The van der Waals surface area contributed by atoms with E-state index in [1.165, 1.54) is 17.5 Å². The third-order valence-electron chi connectivity index (χ3n) is 4.29. The van der Waals surface area contributed by atoms with Gasteiger partial charge in [0.05, 0.1) is 6.04 Å². The van der Waals surface area contributed by atoms with E-state index in [9.17, 15) is 8.42 Å². The maximum atomic E-state index is 12.4. The molecule has 3 rings (SSSR count). The van der Waals surface area contributed by atoms with Crippen LogP contribution in [0.1, 0.15) is 27.2 Å². The highest BCUT2D eigenvalue weighted by Gasteiger charge is 2.35. The minimum Gasteiger partial charge on any atom is -0.332 e. The molecule has 3 heterocycles. The van der Waals surface area contributed by atoms with Gasteiger partial charge in [-0.25, -0.2) is 13.1 Å². The minimum absolute atomic E-state index is 0.148. The van der Waals surface area contributed by atoms with Crippen LogP contribution in [0.2, 0.25) is 0 Å². The van der Waals surface area contributed by atoms with Crippen molar-refractivity contribution in [1.29, 1.82) is 0 Å². The Morgan fingerprint density at radius 3 is 2.82 bits per heavy atom. The molecule has 118 valence electrons. The quantitative estimate of drug-likeness (QED) is 0.916. The van der Waals surface area contributed by atoms with Gasteiger partial charge in [0.1, 0.15) is 10.7 Å². The molecule has 22 heavy (non-hydrogen) atoms. The van der Waals surface area contributed by atoms with Crippen molar-refractivity contribution in [2.45, 2.75) is 44.2 Å². The lowest BCUT2D eigenvalue weighted by Crippen LogP contribution is -2.38. The second-order valence-corrected chi connectivity index (χ2v) is 7.52.